The highest BCUT2D eigenvalue weighted by molar-refractivity contribution is 5.11. The summed E-state index contributed by atoms with van der Waals surface area (Å²) < 4.78 is 0. The van der Waals surface area contributed by atoms with E-state index in [-0.39, 0.29) is 29.7 Å². The standard InChI is InChI=1S/C7H8.C7H16.2C2H6.4CH4/c1-7-5-3-2-4-6-7;1-3-5-7-6-4-2;2*1-2;;;;/h2-6H,1H3;3-7H2,1-2H3;2*1-2H3;4*1H4. The fraction of sp³-hybridized carbons (Fsp3) is 0.727. The minimum atomic E-state index is 0. The fourth-order valence-electron chi connectivity index (χ4n) is 1.21. The van der Waals surface area contributed by atoms with Gasteiger partial charge < -0.3 is 0 Å². The molecule has 0 unspecified atom stereocenters. The van der Waals surface area contributed by atoms with Crippen molar-refractivity contribution in [1.29, 1.82) is 0 Å². The molecule has 0 aliphatic heterocycles. The van der Waals surface area contributed by atoms with Crippen LogP contribution in [0.4, 0.5) is 0 Å². The number of benzene rings is 1. The van der Waals surface area contributed by atoms with Crippen molar-refractivity contribution >= 4 is 0 Å². The van der Waals surface area contributed by atoms with Crippen LogP contribution in [0, 0.1) is 6.92 Å². The number of aryl methyl sites for hydroxylation is 1. The molecule has 0 nitrogen and oxygen atoms in total. The molecule has 0 saturated heterocycles. The molecule has 1 aromatic carbocycles. The Balaban J connectivity index is -0.0000000290. The Morgan fingerprint density at radius 2 is 0.909 bits per heavy atom. The topological polar surface area (TPSA) is 0 Å². The summed E-state index contributed by atoms with van der Waals surface area (Å²) in [6.45, 7) is 14.6. The summed E-state index contributed by atoms with van der Waals surface area (Å²) in [5.74, 6) is 0. The van der Waals surface area contributed by atoms with Crippen LogP contribution in [0.2, 0.25) is 0 Å². The normalized spacial score (nSPS) is 6.32. The van der Waals surface area contributed by atoms with Gasteiger partial charge in [-0.15, -0.1) is 0 Å². The van der Waals surface area contributed by atoms with E-state index in [1.165, 1.54) is 37.7 Å². The average molecular weight is 317 g/mol. The van der Waals surface area contributed by atoms with E-state index >= 15 is 0 Å². The summed E-state index contributed by atoms with van der Waals surface area (Å²) in [6, 6.07) is 10.3. The van der Waals surface area contributed by atoms with E-state index in [2.05, 4.69) is 32.9 Å². The summed E-state index contributed by atoms with van der Waals surface area (Å²) in [5, 5.41) is 0. The molecular formula is C22H52. The van der Waals surface area contributed by atoms with Crippen LogP contribution in [0.25, 0.3) is 0 Å². The van der Waals surface area contributed by atoms with Crippen molar-refractivity contribution in [3.8, 4) is 0 Å². The Kier molecular flexibility index (Phi) is 97.6. The zero-order valence-electron chi connectivity index (χ0n) is 13.9. The molecule has 0 fully saturated rings. The predicted molar refractivity (Wildman–Crippen MR) is 115 cm³/mol. The van der Waals surface area contributed by atoms with Gasteiger partial charge in [-0.25, -0.2) is 0 Å². The highest BCUT2D eigenvalue weighted by Gasteiger charge is 1.80. The first-order valence-electron chi connectivity index (χ1n) is 7.82. The van der Waals surface area contributed by atoms with Crippen molar-refractivity contribution in [3.05, 3.63) is 35.9 Å². The zero-order chi connectivity index (χ0) is 14.6. The largest absolute Gasteiger partial charge is 0.0776 e. The van der Waals surface area contributed by atoms with Crippen LogP contribution in [0.15, 0.2) is 30.3 Å². The number of hydrogen-bond acceptors (Lipinski definition) is 0. The van der Waals surface area contributed by atoms with Gasteiger partial charge in [0.1, 0.15) is 0 Å². The molecule has 0 aromatic heterocycles. The lowest BCUT2D eigenvalue weighted by molar-refractivity contribution is 0.656. The van der Waals surface area contributed by atoms with Crippen LogP contribution in [0.1, 0.15) is 109 Å². The Morgan fingerprint density at radius 3 is 1.09 bits per heavy atom. The molecule has 0 N–H and O–H groups in total. The molecule has 0 heterocycles. The van der Waals surface area contributed by atoms with Gasteiger partial charge >= 0.3 is 0 Å². The molecule has 140 valence electrons. The first-order chi connectivity index (χ1) is 8.81. The average Bonchev–Trinajstić information content (AvgIpc) is 2.45. The first kappa shape index (κ1) is 42.9. The van der Waals surface area contributed by atoms with Crippen molar-refractivity contribution in [1.82, 2.24) is 0 Å². The number of unbranched alkanes of at least 4 members (excludes halogenated alkanes) is 4. The predicted octanol–water partition coefficient (Wildman–Crippen LogP) is 9.57. The van der Waals surface area contributed by atoms with Crippen molar-refractivity contribution in [2.24, 2.45) is 0 Å². The zero-order valence-corrected chi connectivity index (χ0v) is 13.9. The summed E-state index contributed by atoms with van der Waals surface area (Å²) >= 11 is 0. The van der Waals surface area contributed by atoms with E-state index in [9.17, 15) is 0 Å². The van der Waals surface area contributed by atoms with Gasteiger partial charge in [0.2, 0.25) is 0 Å². The molecule has 0 radical (unpaired) electrons. The molecule has 0 aliphatic carbocycles. The monoisotopic (exact) mass is 316 g/mol. The summed E-state index contributed by atoms with van der Waals surface area (Å²) in [5.41, 5.74) is 1.32. The quantitative estimate of drug-likeness (QED) is 0.485. The van der Waals surface area contributed by atoms with Gasteiger partial charge in [-0.1, -0.05) is 139 Å². The van der Waals surface area contributed by atoms with E-state index in [4.69, 9.17) is 0 Å². The molecule has 0 atom stereocenters. The van der Waals surface area contributed by atoms with Gasteiger partial charge in [0, 0.05) is 0 Å². The second-order valence-corrected chi connectivity index (χ2v) is 3.72. The van der Waals surface area contributed by atoms with Gasteiger partial charge in [0.15, 0.2) is 0 Å². The highest BCUT2D eigenvalue weighted by Crippen LogP contribution is 2.00. The van der Waals surface area contributed by atoms with Gasteiger partial charge in [-0.2, -0.15) is 0 Å². The summed E-state index contributed by atoms with van der Waals surface area (Å²) in [7, 11) is 0. The van der Waals surface area contributed by atoms with Crippen molar-refractivity contribution in [3.63, 3.8) is 0 Å². The molecule has 22 heavy (non-hydrogen) atoms. The second-order valence-electron chi connectivity index (χ2n) is 3.72. The molecule has 0 heteroatoms. The Labute approximate surface area is 146 Å². The summed E-state index contributed by atoms with van der Waals surface area (Å²) in [6.07, 6.45) is 7.01. The van der Waals surface area contributed by atoms with Crippen LogP contribution in [-0.2, 0) is 0 Å². The van der Waals surface area contributed by atoms with Crippen LogP contribution in [0.3, 0.4) is 0 Å². The third-order valence-corrected chi connectivity index (χ3v) is 2.15. The third-order valence-electron chi connectivity index (χ3n) is 2.15. The van der Waals surface area contributed by atoms with Crippen molar-refractivity contribution < 1.29 is 0 Å². The molecule has 1 aromatic rings. The van der Waals surface area contributed by atoms with E-state index in [0.717, 1.165) is 0 Å². The number of rotatable bonds is 4. The van der Waals surface area contributed by atoms with E-state index in [0.29, 0.717) is 0 Å². The van der Waals surface area contributed by atoms with Gasteiger partial charge in [-0.05, 0) is 6.92 Å². The smallest absolute Gasteiger partial charge is 0.0398 e. The molecule has 0 amide bonds. The van der Waals surface area contributed by atoms with E-state index in [1.807, 2.05) is 45.9 Å². The first-order valence-corrected chi connectivity index (χ1v) is 7.82. The van der Waals surface area contributed by atoms with Crippen LogP contribution < -0.4 is 0 Å². The maximum Gasteiger partial charge on any atom is -0.0398 e. The van der Waals surface area contributed by atoms with Gasteiger partial charge in [-0.3, -0.25) is 0 Å². The molecule has 0 bridgehead atoms. The second kappa shape index (κ2) is 50.0. The Morgan fingerprint density at radius 1 is 0.591 bits per heavy atom. The minimum absolute atomic E-state index is 0. The molecule has 0 spiro atoms. The lowest BCUT2D eigenvalue weighted by Gasteiger charge is -1.90. The highest BCUT2D eigenvalue weighted by atomic mass is 13.9. The van der Waals surface area contributed by atoms with E-state index in [1.54, 1.807) is 0 Å². The van der Waals surface area contributed by atoms with Gasteiger partial charge in [0.25, 0.3) is 0 Å². The molecular weight excluding hydrogens is 264 g/mol. The Bertz CT molecular complexity index is 184. The molecule has 0 aliphatic rings. The van der Waals surface area contributed by atoms with Gasteiger partial charge in [0.05, 0.1) is 0 Å². The minimum Gasteiger partial charge on any atom is -0.0776 e. The van der Waals surface area contributed by atoms with E-state index < -0.39 is 0 Å². The maximum atomic E-state index is 2.25. The van der Waals surface area contributed by atoms with Crippen LogP contribution in [0.5, 0.6) is 0 Å². The lowest BCUT2D eigenvalue weighted by Crippen LogP contribution is -1.70. The molecule has 0 saturated carbocycles. The number of hydrogen-bond donors (Lipinski definition) is 0. The summed E-state index contributed by atoms with van der Waals surface area (Å²) in [4.78, 5) is 0. The van der Waals surface area contributed by atoms with Crippen molar-refractivity contribution in [2.75, 3.05) is 0 Å². The fourth-order valence-corrected chi connectivity index (χ4v) is 1.21. The molecule has 1 rings (SSSR count). The third kappa shape index (κ3) is 50.7. The Hall–Kier alpha value is -0.780. The van der Waals surface area contributed by atoms with Crippen molar-refractivity contribution in [2.45, 2.75) is 110 Å². The van der Waals surface area contributed by atoms with Crippen LogP contribution >= 0.6 is 0 Å². The SMILES string of the molecule is C.C.C.C.CC.CC.CCCCCCC.Cc1ccccc1. The maximum absolute atomic E-state index is 2.25. The van der Waals surface area contributed by atoms with Crippen LogP contribution in [-0.4, -0.2) is 0 Å². The lowest BCUT2D eigenvalue weighted by atomic mass is 10.2.